The summed E-state index contributed by atoms with van der Waals surface area (Å²) in [6.07, 6.45) is 94.5. The van der Waals surface area contributed by atoms with Gasteiger partial charge in [0.25, 0.3) is 0 Å². The van der Waals surface area contributed by atoms with Crippen molar-refractivity contribution in [2.24, 2.45) is 0 Å². The van der Waals surface area contributed by atoms with E-state index in [-0.39, 0.29) is 25.6 Å². The molecule has 2 atom stereocenters. The van der Waals surface area contributed by atoms with E-state index >= 15 is 0 Å². The number of nitrogens with zero attached hydrogens (tertiary/aromatic N) is 1. The smallest absolute Gasteiger partial charge is 0.462 e. The van der Waals surface area contributed by atoms with Crippen LogP contribution in [-0.2, 0) is 32.7 Å². The first-order valence-electron chi connectivity index (χ1n) is 40.2. The third-order valence-corrected chi connectivity index (χ3v) is 19.4. The average molecular weight is 1300 g/mol. The highest BCUT2D eigenvalue weighted by atomic mass is 31.2. The number of rotatable bonds is 76. The lowest BCUT2D eigenvalue weighted by Gasteiger charge is -2.24. The Labute approximate surface area is 567 Å². The summed E-state index contributed by atoms with van der Waals surface area (Å²) in [6, 6.07) is 0. The van der Waals surface area contributed by atoms with Gasteiger partial charge in [-0.05, 0) is 51.4 Å². The minimum atomic E-state index is -4.39. The number of carbonyl (C=O) groups is 2. The molecule has 0 aromatic rings. The van der Waals surface area contributed by atoms with Gasteiger partial charge in [0.15, 0.2) is 6.10 Å². The van der Waals surface area contributed by atoms with Gasteiger partial charge in [0, 0.05) is 12.8 Å². The molecule has 0 radical (unpaired) electrons. The summed E-state index contributed by atoms with van der Waals surface area (Å²) >= 11 is 0. The molecule has 10 heteroatoms. The Kier molecular flexibility index (Phi) is 71.1. The van der Waals surface area contributed by atoms with Gasteiger partial charge in [-0.1, -0.05) is 391 Å². The Morgan fingerprint density at radius 1 is 0.341 bits per heavy atom. The number of hydrogen-bond donors (Lipinski definition) is 1. The van der Waals surface area contributed by atoms with Crippen molar-refractivity contribution in [2.75, 3.05) is 47.5 Å². The largest absolute Gasteiger partial charge is 0.472 e. The predicted molar refractivity (Wildman–Crippen MR) is 395 cm³/mol. The van der Waals surface area contributed by atoms with E-state index in [9.17, 15) is 19.0 Å². The molecule has 0 aromatic carbocycles. The number of phosphoric acid groups is 1. The molecule has 0 aliphatic carbocycles. The molecule has 0 amide bonds. The number of unbranched alkanes of at least 4 members (excludes halogenated alkanes) is 56. The van der Waals surface area contributed by atoms with E-state index in [1.54, 1.807) is 0 Å². The minimum Gasteiger partial charge on any atom is -0.462 e. The molecule has 0 fully saturated rings. The third-order valence-electron chi connectivity index (χ3n) is 18.4. The molecule has 9 nitrogen and oxygen atoms in total. The van der Waals surface area contributed by atoms with Crippen molar-refractivity contribution >= 4 is 19.8 Å². The molecule has 0 bridgehead atoms. The predicted octanol–water partition coefficient (Wildman–Crippen LogP) is 26.6. The van der Waals surface area contributed by atoms with Crippen molar-refractivity contribution in [1.82, 2.24) is 0 Å². The van der Waals surface area contributed by atoms with Gasteiger partial charge in [-0.15, -0.1) is 0 Å². The maximum absolute atomic E-state index is 12.9. The number of quaternary nitrogens is 1. The maximum Gasteiger partial charge on any atom is 0.472 e. The number of likely N-dealkylation sites (N-methyl/N-ethyl adjacent to an activating group) is 1. The highest BCUT2D eigenvalue weighted by Gasteiger charge is 2.27. The van der Waals surface area contributed by atoms with Crippen LogP contribution < -0.4 is 0 Å². The van der Waals surface area contributed by atoms with Crippen LogP contribution in [-0.4, -0.2) is 74.9 Å². The summed E-state index contributed by atoms with van der Waals surface area (Å²) < 4.78 is 34.8. The van der Waals surface area contributed by atoms with Gasteiger partial charge in [0.1, 0.15) is 19.8 Å². The SMILES string of the molecule is CCCCCCC/C=C\C/C=C\C/C=C\CCCCCCCCCCCCCCCCC(=O)OC(COC(=O)CCCCCCCCCCCCCCCCCCCCCCCCCCCCCCCCCCCCCCCC)COP(=O)(O)OCC[N+](C)(C)C. The summed E-state index contributed by atoms with van der Waals surface area (Å²) in [5.41, 5.74) is 0. The van der Waals surface area contributed by atoms with Crippen LogP contribution >= 0.6 is 7.82 Å². The Morgan fingerprint density at radius 2 is 0.593 bits per heavy atom. The highest BCUT2D eigenvalue weighted by Crippen LogP contribution is 2.43. The number of carbonyl (C=O) groups excluding carboxylic acids is 2. The summed E-state index contributed by atoms with van der Waals surface area (Å²) in [5, 5.41) is 0. The van der Waals surface area contributed by atoms with E-state index in [0.717, 1.165) is 44.9 Å². The zero-order valence-electron chi connectivity index (χ0n) is 61.6. The molecule has 0 heterocycles. The Hall–Kier alpha value is -1.77. The molecule has 0 aliphatic rings. The lowest BCUT2D eigenvalue weighted by atomic mass is 10.0. The molecular weight excluding hydrogens is 1150 g/mol. The summed E-state index contributed by atoms with van der Waals surface area (Å²) in [5.74, 6) is -0.775. The molecule has 538 valence electrons. The van der Waals surface area contributed by atoms with Gasteiger partial charge < -0.3 is 18.9 Å². The number of allylic oxidation sites excluding steroid dienone is 6. The van der Waals surface area contributed by atoms with E-state index in [4.69, 9.17) is 18.5 Å². The van der Waals surface area contributed by atoms with Crippen molar-refractivity contribution in [3.05, 3.63) is 36.5 Å². The molecule has 91 heavy (non-hydrogen) atoms. The van der Waals surface area contributed by atoms with Gasteiger partial charge in [0.2, 0.25) is 0 Å². The second-order valence-corrected chi connectivity index (χ2v) is 30.3. The van der Waals surface area contributed by atoms with E-state index in [0.29, 0.717) is 23.9 Å². The molecule has 0 saturated heterocycles. The van der Waals surface area contributed by atoms with Crippen LogP contribution in [0.3, 0.4) is 0 Å². The molecule has 0 rings (SSSR count). The van der Waals surface area contributed by atoms with Crippen LogP contribution in [0.4, 0.5) is 0 Å². The van der Waals surface area contributed by atoms with E-state index in [2.05, 4.69) is 50.3 Å². The Morgan fingerprint density at radius 3 is 0.879 bits per heavy atom. The summed E-state index contributed by atoms with van der Waals surface area (Å²) in [7, 11) is 1.50. The van der Waals surface area contributed by atoms with E-state index < -0.39 is 26.5 Å². The fourth-order valence-corrected chi connectivity index (χ4v) is 13.0. The highest BCUT2D eigenvalue weighted by molar-refractivity contribution is 7.47. The first-order valence-corrected chi connectivity index (χ1v) is 41.7. The van der Waals surface area contributed by atoms with Gasteiger partial charge >= 0.3 is 19.8 Å². The van der Waals surface area contributed by atoms with Crippen LogP contribution in [0, 0.1) is 0 Å². The molecule has 0 saturated carbocycles. The topological polar surface area (TPSA) is 108 Å². The van der Waals surface area contributed by atoms with Crippen molar-refractivity contribution in [2.45, 2.75) is 424 Å². The number of phosphoric ester groups is 1. The van der Waals surface area contributed by atoms with Gasteiger partial charge in [0.05, 0.1) is 27.7 Å². The minimum absolute atomic E-state index is 0.0341. The van der Waals surface area contributed by atoms with Crippen molar-refractivity contribution < 1.29 is 42.1 Å². The first kappa shape index (κ1) is 89.2. The molecule has 1 N–H and O–H groups in total. The quantitative estimate of drug-likeness (QED) is 0.0211. The van der Waals surface area contributed by atoms with Crippen molar-refractivity contribution in [3.8, 4) is 0 Å². The normalized spacial score (nSPS) is 13.2. The molecule has 2 unspecified atom stereocenters. The average Bonchev–Trinajstić information content (AvgIpc) is 3.74. The maximum atomic E-state index is 12.9. The number of esters is 2. The number of ether oxygens (including phenoxy) is 2. The Balaban J connectivity index is 3.89. The van der Waals surface area contributed by atoms with E-state index in [1.165, 1.54) is 340 Å². The monoisotopic (exact) mass is 1300 g/mol. The lowest BCUT2D eigenvalue weighted by Crippen LogP contribution is -2.37. The Bertz CT molecular complexity index is 1630. The second-order valence-electron chi connectivity index (χ2n) is 28.8. The number of hydrogen-bond acceptors (Lipinski definition) is 7. The molecule has 0 aromatic heterocycles. The van der Waals surface area contributed by atoms with Crippen LogP contribution in [0.15, 0.2) is 36.5 Å². The standard InChI is InChI=1S/C81H156NO8P/c1-6-8-10-12-14-16-18-20-22-24-26-28-30-32-34-36-37-38-39-40-41-42-43-44-46-47-49-51-53-55-57-59-61-63-65-67-69-71-73-80(83)87-77-79(78-89-91(85,86)88-76-75-82(3,4)5)90-81(84)74-72-70-68-66-64-62-60-58-56-54-52-50-48-45-35-33-31-29-27-25-23-21-19-17-15-13-11-9-7-2/h19,21,25,27,31,33,79H,6-18,20,22-24,26,28-30,32,34-78H2,1-5H3/p+1/b21-19-,27-25-,33-31-. The molecule has 0 spiro atoms. The van der Waals surface area contributed by atoms with Gasteiger partial charge in [-0.3, -0.25) is 18.6 Å². The van der Waals surface area contributed by atoms with Crippen LogP contribution in [0.2, 0.25) is 0 Å². The van der Waals surface area contributed by atoms with Crippen LogP contribution in [0.5, 0.6) is 0 Å². The third kappa shape index (κ3) is 77.1. The van der Waals surface area contributed by atoms with Gasteiger partial charge in [-0.25, -0.2) is 4.57 Å². The summed E-state index contributed by atoms with van der Waals surface area (Å²) in [4.78, 5) is 36.0. The van der Waals surface area contributed by atoms with E-state index in [1.807, 2.05) is 21.1 Å². The fraction of sp³-hybridized carbons (Fsp3) is 0.901. The zero-order valence-corrected chi connectivity index (χ0v) is 62.5. The van der Waals surface area contributed by atoms with Crippen LogP contribution in [0.25, 0.3) is 0 Å². The zero-order chi connectivity index (χ0) is 66.2. The first-order chi connectivity index (χ1) is 44.5. The van der Waals surface area contributed by atoms with Crippen molar-refractivity contribution in [1.29, 1.82) is 0 Å². The second kappa shape index (κ2) is 72.5. The van der Waals surface area contributed by atoms with Crippen LogP contribution in [0.1, 0.15) is 418 Å². The molecular formula is C81H157NO8P+. The lowest BCUT2D eigenvalue weighted by molar-refractivity contribution is -0.870. The van der Waals surface area contributed by atoms with Crippen molar-refractivity contribution in [3.63, 3.8) is 0 Å². The molecule has 0 aliphatic heterocycles. The fourth-order valence-electron chi connectivity index (χ4n) is 12.3. The summed E-state index contributed by atoms with van der Waals surface area (Å²) in [6.45, 7) is 4.50. The van der Waals surface area contributed by atoms with Gasteiger partial charge in [-0.2, -0.15) is 0 Å².